The summed E-state index contributed by atoms with van der Waals surface area (Å²) < 4.78 is 5.57. The average molecular weight is 317 g/mol. The van der Waals surface area contributed by atoms with Crippen molar-refractivity contribution in [2.75, 3.05) is 5.88 Å². The Hall–Kier alpha value is -0.170. The Balaban J connectivity index is 3.13. The SMILES string of the molecule is C=C(CCl)OC(C)CCCCCCCCCCCCCC. The lowest BCUT2D eigenvalue weighted by molar-refractivity contribution is 0.124. The van der Waals surface area contributed by atoms with Gasteiger partial charge in [-0.1, -0.05) is 84.1 Å². The zero-order valence-electron chi connectivity index (χ0n) is 14.5. The van der Waals surface area contributed by atoms with Crippen LogP contribution in [0.15, 0.2) is 12.3 Å². The first-order valence-corrected chi connectivity index (χ1v) is 9.64. The predicted octanol–water partition coefficient (Wildman–Crippen LogP) is 7.24. The molecule has 0 fully saturated rings. The number of alkyl halides is 1. The molecule has 0 aromatic carbocycles. The maximum atomic E-state index is 5.65. The van der Waals surface area contributed by atoms with Crippen molar-refractivity contribution in [1.82, 2.24) is 0 Å². The second-order valence-electron chi connectivity index (χ2n) is 6.28. The minimum absolute atomic E-state index is 0.263. The molecule has 0 saturated carbocycles. The summed E-state index contributed by atoms with van der Waals surface area (Å²) in [5, 5.41) is 0. The van der Waals surface area contributed by atoms with Crippen LogP contribution in [-0.2, 0) is 4.74 Å². The van der Waals surface area contributed by atoms with Crippen LogP contribution < -0.4 is 0 Å². The van der Waals surface area contributed by atoms with E-state index in [1.807, 2.05) is 0 Å². The molecule has 1 unspecified atom stereocenters. The molecule has 0 aliphatic carbocycles. The molecule has 21 heavy (non-hydrogen) atoms. The summed E-state index contributed by atoms with van der Waals surface area (Å²) in [7, 11) is 0. The summed E-state index contributed by atoms with van der Waals surface area (Å²) in [5.74, 6) is 1.10. The highest BCUT2D eigenvalue weighted by atomic mass is 35.5. The third-order valence-electron chi connectivity index (χ3n) is 3.98. The highest BCUT2D eigenvalue weighted by Crippen LogP contribution is 2.14. The maximum absolute atomic E-state index is 5.65. The third kappa shape index (κ3) is 16.0. The molecule has 0 aliphatic heterocycles. The van der Waals surface area contributed by atoms with E-state index in [-0.39, 0.29) is 6.10 Å². The molecule has 1 nitrogen and oxygen atoms in total. The highest BCUT2D eigenvalue weighted by Gasteiger charge is 2.03. The van der Waals surface area contributed by atoms with Crippen LogP contribution in [0.2, 0.25) is 0 Å². The fourth-order valence-electron chi connectivity index (χ4n) is 2.65. The molecule has 0 rings (SSSR count). The summed E-state index contributed by atoms with van der Waals surface area (Å²) in [4.78, 5) is 0. The first-order valence-electron chi connectivity index (χ1n) is 9.11. The zero-order valence-corrected chi connectivity index (χ0v) is 15.2. The third-order valence-corrected chi connectivity index (χ3v) is 4.28. The Labute approximate surface area is 138 Å². The first-order chi connectivity index (χ1) is 10.2. The molecular weight excluding hydrogens is 280 g/mol. The smallest absolute Gasteiger partial charge is 0.104 e. The standard InChI is InChI=1S/C19H37ClO/c1-4-5-6-7-8-9-10-11-12-13-14-15-16-18(2)21-19(3)17-20/h18H,3-17H2,1-2H3. The van der Waals surface area contributed by atoms with Gasteiger partial charge in [0.15, 0.2) is 0 Å². The number of allylic oxidation sites excluding steroid dienone is 1. The molecule has 0 amide bonds. The molecule has 2 heteroatoms. The highest BCUT2D eigenvalue weighted by molar-refractivity contribution is 6.19. The van der Waals surface area contributed by atoms with Crippen molar-refractivity contribution in [2.45, 2.75) is 103 Å². The number of halogens is 1. The molecule has 0 spiro atoms. The Morgan fingerprint density at radius 2 is 1.29 bits per heavy atom. The van der Waals surface area contributed by atoms with Gasteiger partial charge in [0.25, 0.3) is 0 Å². The Morgan fingerprint density at radius 3 is 1.71 bits per heavy atom. The van der Waals surface area contributed by atoms with Gasteiger partial charge in [0.05, 0.1) is 12.0 Å². The summed E-state index contributed by atoms with van der Waals surface area (Å²) in [6.07, 6.45) is 18.1. The van der Waals surface area contributed by atoms with Crippen molar-refractivity contribution in [3.05, 3.63) is 12.3 Å². The molecule has 126 valence electrons. The summed E-state index contributed by atoms with van der Waals surface area (Å²) in [5.41, 5.74) is 0. The lowest BCUT2D eigenvalue weighted by Crippen LogP contribution is -2.07. The van der Waals surface area contributed by atoms with Crippen LogP contribution in [0.5, 0.6) is 0 Å². The number of hydrogen-bond acceptors (Lipinski definition) is 1. The maximum Gasteiger partial charge on any atom is 0.104 e. The first kappa shape index (κ1) is 20.8. The van der Waals surface area contributed by atoms with Gasteiger partial charge in [-0.3, -0.25) is 0 Å². The average Bonchev–Trinajstić information content (AvgIpc) is 2.48. The minimum Gasteiger partial charge on any atom is -0.494 e. The molecular formula is C19H37ClO. The van der Waals surface area contributed by atoms with Gasteiger partial charge < -0.3 is 4.74 Å². The fourth-order valence-corrected chi connectivity index (χ4v) is 2.71. The molecule has 0 bridgehead atoms. The van der Waals surface area contributed by atoms with Crippen molar-refractivity contribution in [1.29, 1.82) is 0 Å². The van der Waals surface area contributed by atoms with E-state index in [0.717, 1.165) is 6.42 Å². The van der Waals surface area contributed by atoms with Gasteiger partial charge in [0, 0.05) is 0 Å². The molecule has 0 saturated heterocycles. The minimum atomic E-state index is 0.263. The Morgan fingerprint density at radius 1 is 0.857 bits per heavy atom. The van der Waals surface area contributed by atoms with E-state index < -0.39 is 0 Å². The van der Waals surface area contributed by atoms with Crippen LogP contribution in [0.25, 0.3) is 0 Å². The van der Waals surface area contributed by atoms with Crippen LogP contribution in [0.4, 0.5) is 0 Å². The van der Waals surface area contributed by atoms with Crippen LogP contribution >= 0.6 is 11.6 Å². The molecule has 0 radical (unpaired) electrons. The number of unbranched alkanes of at least 4 members (excludes halogenated alkanes) is 11. The van der Waals surface area contributed by atoms with E-state index >= 15 is 0 Å². The van der Waals surface area contributed by atoms with E-state index in [2.05, 4.69) is 20.4 Å². The lowest BCUT2D eigenvalue weighted by atomic mass is 10.0. The second-order valence-corrected chi connectivity index (χ2v) is 6.55. The van der Waals surface area contributed by atoms with E-state index in [4.69, 9.17) is 16.3 Å². The fraction of sp³-hybridized carbons (Fsp3) is 0.895. The van der Waals surface area contributed by atoms with Crippen LogP contribution in [0, 0.1) is 0 Å². The van der Waals surface area contributed by atoms with Gasteiger partial charge in [-0.05, 0) is 19.8 Å². The summed E-state index contributed by atoms with van der Waals surface area (Å²) in [6, 6.07) is 0. The topological polar surface area (TPSA) is 9.23 Å². The number of hydrogen-bond donors (Lipinski definition) is 0. The van der Waals surface area contributed by atoms with Crippen LogP contribution in [0.3, 0.4) is 0 Å². The zero-order chi connectivity index (χ0) is 15.8. The molecule has 0 N–H and O–H groups in total. The van der Waals surface area contributed by atoms with E-state index in [9.17, 15) is 0 Å². The van der Waals surface area contributed by atoms with Crippen LogP contribution in [-0.4, -0.2) is 12.0 Å². The van der Waals surface area contributed by atoms with Crippen molar-refractivity contribution >= 4 is 11.6 Å². The Kier molecular flexibility index (Phi) is 16.1. The Bertz CT molecular complexity index is 228. The van der Waals surface area contributed by atoms with Gasteiger partial charge in [0.1, 0.15) is 5.76 Å². The molecule has 0 aromatic heterocycles. The normalized spacial score (nSPS) is 12.3. The van der Waals surface area contributed by atoms with E-state index in [1.165, 1.54) is 77.0 Å². The second kappa shape index (κ2) is 16.2. The van der Waals surface area contributed by atoms with Gasteiger partial charge in [-0.2, -0.15) is 0 Å². The van der Waals surface area contributed by atoms with Gasteiger partial charge in [-0.15, -0.1) is 11.6 Å². The molecule has 1 atom stereocenters. The van der Waals surface area contributed by atoms with E-state index in [0.29, 0.717) is 11.6 Å². The van der Waals surface area contributed by atoms with Crippen LogP contribution in [0.1, 0.15) is 97.3 Å². The number of rotatable bonds is 16. The summed E-state index contributed by atoms with van der Waals surface area (Å²) in [6.45, 7) is 8.15. The van der Waals surface area contributed by atoms with E-state index in [1.54, 1.807) is 0 Å². The number of ether oxygens (including phenoxy) is 1. The van der Waals surface area contributed by atoms with Crippen molar-refractivity contribution in [3.63, 3.8) is 0 Å². The van der Waals surface area contributed by atoms with Gasteiger partial charge in [0.2, 0.25) is 0 Å². The van der Waals surface area contributed by atoms with Gasteiger partial charge >= 0.3 is 0 Å². The molecule has 0 aromatic rings. The van der Waals surface area contributed by atoms with Gasteiger partial charge in [-0.25, -0.2) is 0 Å². The lowest BCUT2D eigenvalue weighted by Gasteiger charge is -2.14. The van der Waals surface area contributed by atoms with Crippen molar-refractivity contribution in [3.8, 4) is 0 Å². The van der Waals surface area contributed by atoms with Crippen molar-refractivity contribution in [2.24, 2.45) is 0 Å². The monoisotopic (exact) mass is 316 g/mol. The quantitative estimate of drug-likeness (QED) is 0.166. The van der Waals surface area contributed by atoms with Crippen molar-refractivity contribution < 1.29 is 4.74 Å². The predicted molar refractivity (Wildman–Crippen MR) is 96.1 cm³/mol. The molecule has 0 heterocycles. The summed E-state index contributed by atoms with van der Waals surface area (Å²) >= 11 is 5.65. The molecule has 0 aliphatic rings. The largest absolute Gasteiger partial charge is 0.494 e.